The summed E-state index contributed by atoms with van der Waals surface area (Å²) in [5.41, 5.74) is 0.569. The maximum atomic E-state index is 10.4. The Hall–Kier alpha value is -0.177. The molecule has 0 atom stereocenters. The van der Waals surface area contributed by atoms with Gasteiger partial charge in [0.2, 0.25) is 5.69 Å². The van der Waals surface area contributed by atoms with Crippen LogP contribution >= 0.6 is 33.6 Å². The summed E-state index contributed by atoms with van der Waals surface area (Å²) < 4.78 is 9.86. The van der Waals surface area contributed by atoms with Crippen molar-refractivity contribution in [2.75, 3.05) is 25.6 Å². The Morgan fingerprint density at radius 1 is 1.31 bits per heavy atom. The molecular weight excluding hydrogens is 483 g/mol. The molecule has 1 aliphatic rings. The molecule has 0 radical (unpaired) electrons. The summed E-state index contributed by atoms with van der Waals surface area (Å²) in [4.78, 5) is 9.97. The second-order valence-corrected chi connectivity index (χ2v) is 6.65. The van der Waals surface area contributed by atoms with Crippen LogP contribution in [0.4, 0.5) is 5.69 Å². The normalized spacial score (nSPS) is 13.8. The topological polar surface area (TPSA) is 58.9 Å². The third kappa shape index (κ3) is 10.8. The molecule has 0 spiro atoms. The average Bonchev–Trinajstić information content (AvgIpc) is 3.07. The summed E-state index contributed by atoms with van der Waals surface area (Å²) in [6.07, 6.45) is 4.23. The van der Waals surface area contributed by atoms with E-state index in [1.165, 1.54) is 12.1 Å². The number of non-ortho nitro benzene ring substituents is 1. The van der Waals surface area contributed by atoms with Crippen LogP contribution in [0.25, 0.3) is 0 Å². The Morgan fingerprint density at radius 2 is 1.81 bits per heavy atom. The van der Waals surface area contributed by atoms with Crippen molar-refractivity contribution < 1.29 is 27.0 Å². The van der Waals surface area contributed by atoms with Gasteiger partial charge in [0.05, 0.1) is 6.10 Å². The van der Waals surface area contributed by atoms with Crippen molar-refractivity contribution in [1.82, 2.24) is 8.61 Å². The van der Waals surface area contributed by atoms with Crippen LogP contribution in [0.15, 0.2) is 18.2 Å². The van der Waals surface area contributed by atoms with Gasteiger partial charge in [-0.15, -0.1) is 29.5 Å². The number of benzene rings is 1. The molecule has 1 aromatic rings. The van der Waals surface area contributed by atoms with Gasteiger partial charge in [-0.3, -0.25) is 10.1 Å². The number of nitrogens with zero attached hydrogens (tertiary/aromatic N) is 3. The van der Waals surface area contributed by atoms with Gasteiger partial charge in [-0.1, -0.05) is 12.1 Å². The van der Waals surface area contributed by atoms with Gasteiger partial charge in [0.15, 0.2) is 0 Å². The summed E-state index contributed by atoms with van der Waals surface area (Å²) >= 11 is 5.37. The first-order valence-electron chi connectivity index (χ1n) is 7.24. The van der Waals surface area contributed by atoms with E-state index in [2.05, 4.69) is 44.4 Å². The molecule has 1 fully saturated rings. The van der Waals surface area contributed by atoms with Crippen molar-refractivity contribution in [2.24, 2.45) is 0 Å². The Kier molecular flexibility index (Phi) is 17.1. The van der Waals surface area contributed by atoms with Crippen LogP contribution in [0.1, 0.15) is 19.4 Å². The monoisotopic (exact) mass is 509 g/mol. The van der Waals surface area contributed by atoms with Crippen molar-refractivity contribution in [3.05, 3.63) is 54.9 Å². The van der Waals surface area contributed by atoms with Gasteiger partial charge >= 0.3 is 27.0 Å². The van der Waals surface area contributed by atoms with E-state index in [1.807, 2.05) is 31.2 Å². The fraction of sp³-hybridized carbons (Fsp3) is 0.438. The summed E-state index contributed by atoms with van der Waals surface area (Å²) in [7, 11) is 4.57. The Bertz CT molecular complexity index is 518. The van der Waals surface area contributed by atoms with Crippen LogP contribution in [-0.2, 0) is 17.3 Å². The Balaban J connectivity index is 0. The Morgan fingerprint density at radius 3 is 2.12 bits per heavy atom. The van der Waals surface area contributed by atoms with Gasteiger partial charge < -0.3 is 20.8 Å². The molecule has 1 aromatic carbocycles. The van der Waals surface area contributed by atoms with Crippen molar-refractivity contribution in [3.63, 3.8) is 0 Å². The third-order valence-corrected chi connectivity index (χ3v) is 4.38. The second kappa shape index (κ2) is 15.8. The molecule has 26 heavy (non-hydrogen) atoms. The molecule has 1 heterocycles. The quantitative estimate of drug-likeness (QED) is 0.183. The molecule has 0 N–H and O–H groups in total. The molecule has 0 bridgehead atoms. The van der Waals surface area contributed by atoms with Gasteiger partial charge in [0.25, 0.3) is 0 Å². The number of rotatable bonds is 5. The van der Waals surface area contributed by atoms with E-state index in [0.717, 1.165) is 13.1 Å². The first-order chi connectivity index (χ1) is 11.9. The van der Waals surface area contributed by atoms with Crippen LogP contribution in [-0.4, -0.2) is 45.2 Å². The van der Waals surface area contributed by atoms with E-state index in [4.69, 9.17) is 4.74 Å². The first kappa shape index (κ1) is 28.0. The number of halogens is 1. The van der Waals surface area contributed by atoms with Crippen molar-refractivity contribution in [2.45, 2.75) is 20.0 Å². The SMILES string of the molecule is CSN1[CH-]N(SC)CC1.[CH2-]c1cc([N+](=O)[O-])ccc1OC(C)C.[CH3-].[Cl][Ru+3]. The van der Waals surface area contributed by atoms with Crippen molar-refractivity contribution in [3.8, 4) is 5.75 Å². The number of ether oxygens (including phenoxy) is 1. The molecular formula is C16H26ClN3O3RuS2. The second-order valence-electron chi connectivity index (χ2n) is 4.98. The van der Waals surface area contributed by atoms with E-state index in [-0.39, 0.29) is 19.2 Å². The fourth-order valence-corrected chi connectivity index (χ4v) is 2.79. The number of nitro benzene ring substituents is 1. The van der Waals surface area contributed by atoms with Crippen molar-refractivity contribution >= 4 is 39.3 Å². The minimum absolute atomic E-state index is 0. The zero-order valence-electron chi connectivity index (χ0n) is 15.6. The van der Waals surface area contributed by atoms with E-state index in [1.54, 1.807) is 30.0 Å². The van der Waals surface area contributed by atoms with Crippen LogP contribution in [0.3, 0.4) is 0 Å². The molecule has 2 rings (SSSR count). The van der Waals surface area contributed by atoms with Crippen LogP contribution in [0.2, 0.25) is 0 Å². The molecule has 6 nitrogen and oxygen atoms in total. The standard InChI is InChI=1S/C10H12NO3.C5H11N2S2.CH3.ClH.Ru/c1-7(2)14-10-5-4-9(11(12)13)6-8(10)3;1-8-6-3-4-7(5-6)9-2;;;/h4-7H,3H2,1-2H3;5H,3-4H2,1-2H3;1H3;1H;/q3*-1;;+4/p-1. The van der Waals surface area contributed by atoms with E-state index < -0.39 is 4.92 Å². The van der Waals surface area contributed by atoms with Gasteiger partial charge in [0.1, 0.15) is 0 Å². The van der Waals surface area contributed by atoms with Gasteiger partial charge in [-0.25, -0.2) is 0 Å². The third-order valence-electron chi connectivity index (χ3n) is 2.88. The minimum atomic E-state index is -0.451. The van der Waals surface area contributed by atoms with Gasteiger partial charge in [-0.2, -0.15) is 13.6 Å². The maximum absolute atomic E-state index is 10.4. The number of hydrogen-bond acceptors (Lipinski definition) is 7. The first-order valence-corrected chi connectivity index (χ1v) is 11.8. The fourth-order valence-electron chi connectivity index (χ4n) is 1.78. The molecule has 1 saturated heterocycles. The summed E-state index contributed by atoms with van der Waals surface area (Å²) in [5.74, 6) is 0.589. The van der Waals surface area contributed by atoms with E-state index in [9.17, 15) is 10.1 Å². The zero-order chi connectivity index (χ0) is 19.4. The summed E-state index contributed by atoms with van der Waals surface area (Å²) in [5, 5.41) is 10.4. The molecule has 0 amide bonds. The van der Waals surface area contributed by atoms with Crippen molar-refractivity contribution in [1.29, 1.82) is 0 Å². The molecule has 10 heteroatoms. The zero-order valence-corrected chi connectivity index (χ0v) is 19.7. The van der Waals surface area contributed by atoms with E-state index >= 15 is 0 Å². The molecule has 0 unspecified atom stereocenters. The summed E-state index contributed by atoms with van der Waals surface area (Å²) in [6, 6.07) is 4.38. The molecule has 0 aliphatic carbocycles. The van der Waals surface area contributed by atoms with Gasteiger partial charge in [0, 0.05) is 10.7 Å². The molecule has 1 aliphatic heterocycles. The number of nitro groups is 1. The average molecular weight is 509 g/mol. The Labute approximate surface area is 180 Å². The molecule has 0 saturated carbocycles. The predicted molar refractivity (Wildman–Crippen MR) is 110 cm³/mol. The van der Waals surface area contributed by atoms with Gasteiger partial charge in [-0.05, 0) is 45.5 Å². The van der Waals surface area contributed by atoms with E-state index in [0.29, 0.717) is 11.3 Å². The van der Waals surface area contributed by atoms with Crippen LogP contribution in [0.5, 0.6) is 5.75 Å². The molecule has 150 valence electrons. The number of hydrogen-bond donors (Lipinski definition) is 0. The predicted octanol–water partition coefficient (Wildman–Crippen LogP) is 4.98. The van der Waals surface area contributed by atoms with Crippen LogP contribution < -0.4 is 4.74 Å². The van der Waals surface area contributed by atoms with Crippen LogP contribution in [0, 0.1) is 31.1 Å². The molecule has 0 aromatic heterocycles. The summed E-state index contributed by atoms with van der Waals surface area (Å²) in [6.45, 7) is 11.9.